The molecule has 0 saturated carbocycles. The van der Waals surface area contributed by atoms with Crippen molar-refractivity contribution in [2.75, 3.05) is 13.7 Å². The molecule has 0 aromatic rings. The molecule has 0 aliphatic rings. The number of ether oxygens (including phenoxy) is 2. The third kappa shape index (κ3) is 21.6. The molecule has 0 aromatic heterocycles. The van der Waals surface area contributed by atoms with Crippen molar-refractivity contribution < 1.29 is 19.7 Å². The van der Waals surface area contributed by atoms with Crippen molar-refractivity contribution in [2.45, 2.75) is 71.9 Å². The summed E-state index contributed by atoms with van der Waals surface area (Å²) in [5, 5.41) is 17.0. The molecule has 2 N–H and O–H groups in total. The summed E-state index contributed by atoms with van der Waals surface area (Å²) in [5.41, 5.74) is 0. The average Bonchev–Trinajstić information content (AvgIpc) is 2.29. The highest BCUT2D eigenvalue weighted by Gasteiger charge is 2.00. The lowest BCUT2D eigenvalue weighted by Crippen LogP contribution is -2.17. The molecule has 4 heteroatoms. The van der Waals surface area contributed by atoms with Crippen LogP contribution in [0.25, 0.3) is 0 Å². The van der Waals surface area contributed by atoms with Gasteiger partial charge in [0.2, 0.25) is 0 Å². The summed E-state index contributed by atoms with van der Waals surface area (Å²) in [6, 6.07) is 0. The smallest absolute Gasteiger partial charge is 0.157 e. The van der Waals surface area contributed by atoms with Gasteiger partial charge in [0.05, 0.1) is 0 Å². The van der Waals surface area contributed by atoms with Crippen molar-refractivity contribution in [2.24, 2.45) is 0 Å². The van der Waals surface area contributed by atoms with E-state index in [1.165, 1.54) is 46.1 Å². The molecule has 0 saturated heterocycles. The standard InChI is InChI=1S/C8H18O.C5H12O3/c1-2-3-4-5-6-7-8-9;1-4(6)8-5(2)7-3/h9H,2-8H2,1H3;4-6H,1-3H3. The van der Waals surface area contributed by atoms with Crippen LogP contribution in [0.4, 0.5) is 0 Å². The number of hydrogen-bond donors (Lipinski definition) is 2. The second kappa shape index (κ2) is 15.8. The Balaban J connectivity index is 0. The monoisotopic (exact) mass is 250 g/mol. The molecule has 0 aromatic carbocycles. The summed E-state index contributed by atoms with van der Waals surface area (Å²) in [7, 11) is 1.52. The maximum atomic E-state index is 8.55. The van der Waals surface area contributed by atoms with E-state index in [-0.39, 0.29) is 6.29 Å². The normalized spacial score (nSPS) is 13.8. The summed E-state index contributed by atoms with van der Waals surface area (Å²) in [5.74, 6) is 0. The molecular weight excluding hydrogens is 220 g/mol. The first kappa shape index (κ1) is 19.2. The molecule has 0 heterocycles. The Morgan fingerprint density at radius 3 is 1.88 bits per heavy atom. The predicted molar refractivity (Wildman–Crippen MR) is 69.7 cm³/mol. The molecule has 2 atom stereocenters. The molecule has 106 valence electrons. The largest absolute Gasteiger partial charge is 0.396 e. The number of methoxy groups -OCH3 is 1. The van der Waals surface area contributed by atoms with Gasteiger partial charge < -0.3 is 19.7 Å². The zero-order valence-electron chi connectivity index (χ0n) is 11.8. The molecular formula is C13H30O4. The van der Waals surface area contributed by atoms with E-state index in [9.17, 15) is 0 Å². The van der Waals surface area contributed by atoms with Crippen molar-refractivity contribution in [3.05, 3.63) is 0 Å². The highest BCUT2D eigenvalue weighted by atomic mass is 16.7. The fourth-order valence-corrected chi connectivity index (χ4v) is 1.23. The first-order valence-corrected chi connectivity index (χ1v) is 6.55. The third-order valence-corrected chi connectivity index (χ3v) is 2.23. The van der Waals surface area contributed by atoms with E-state index in [2.05, 4.69) is 11.7 Å². The highest BCUT2D eigenvalue weighted by Crippen LogP contribution is 2.03. The fraction of sp³-hybridized carbons (Fsp3) is 1.00. The lowest BCUT2D eigenvalue weighted by molar-refractivity contribution is -0.202. The van der Waals surface area contributed by atoms with Crippen molar-refractivity contribution in [3.63, 3.8) is 0 Å². The van der Waals surface area contributed by atoms with Crippen LogP contribution < -0.4 is 0 Å². The number of aliphatic hydroxyl groups excluding tert-OH is 2. The summed E-state index contributed by atoms with van der Waals surface area (Å²) >= 11 is 0. The van der Waals surface area contributed by atoms with Crippen LogP contribution in [-0.4, -0.2) is 36.5 Å². The fourth-order valence-electron chi connectivity index (χ4n) is 1.23. The molecule has 0 amide bonds. The van der Waals surface area contributed by atoms with Gasteiger partial charge in [-0.2, -0.15) is 0 Å². The Bertz CT molecular complexity index is 123. The number of unbranched alkanes of at least 4 members (excludes halogenated alkanes) is 5. The molecule has 0 fully saturated rings. The van der Waals surface area contributed by atoms with E-state index in [1.807, 2.05) is 0 Å². The van der Waals surface area contributed by atoms with Crippen molar-refractivity contribution in [3.8, 4) is 0 Å². The molecule has 17 heavy (non-hydrogen) atoms. The van der Waals surface area contributed by atoms with Crippen LogP contribution in [0.2, 0.25) is 0 Å². The number of aliphatic hydroxyl groups is 2. The van der Waals surface area contributed by atoms with E-state index in [1.54, 1.807) is 6.92 Å². The highest BCUT2D eigenvalue weighted by molar-refractivity contribution is 4.41. The van der Waals surface area contributed by atoms with E-state index in [0.29, 0.717) is 6.61 Å². The van der Waals surface area contributed by atoms with Gasteiger partial charge in [-0.3, -0.25) is 0 Å². The van der Waals surface area contributed by atoms with E-state index in [4.69, 9.17) is 14.9 Å². The first-order chi connectivity index (χ1) is 8.08. The van der Waals surface area contributed by atoms with Crippen LogP contribution in [0, 0.1) is 0 Å². The summed E-state index contributed by atoms with van der Waals surface area (Å²) in [6.45, 7) is 5.83. The zero-order chi connectivity index (χ0) is 13.5. The Morgan fingerprint density at radius 2 is 1.53 bits per heavy atom. The summed E-state index contributed by atoms with van der Waals surface area (Å²) in [4.78, 5) is 0. The Hall–Kier alpha value is -0.160. The Labute approximate surface area is 106 Å². The second-order valence-corrected chi connectivity index (χ2v) is 4.03. The van der Waals surface area contributed by atoms with E-state index in [0.717, 1.165) is 6.42 Å². The van der Waals surface area contributed by atoms with Gasteiger partial charge in [-0.25, -0.2) is 0 Å². The van der Waals surface area contributed by atoms with Crippen LogP contribution in [0.5, 0.6) is 0 Å². The van der Waals surface area contributed by atoms with Crippen LogP contribution in [0.1, 0.15) is 59.3 Å². The average molecular weight is 250 g/mol. The van der Waals surface area contributed by atoms with Gasteiger partial charge in [0.1, 0.15) is 0 Å². The Kier molecular flexibility index (Phi) is 17.9. The summed E-state index contributed by atoms with van der Waals surface area (Å²) < 4.78 is 9.41. The van der Waals surface area contributed by atoms with Gasteiger partial charge in [0.15, 0.2) is 12.6 Å². The third-order valence-electron chi connectivity index (χ3n) is 2.23. The quantitative estimate of drug-likeness (QED) is 0.488. The molecule has 0 aliphatic carbocycles. The number of rotatable bonds is 9. The summed E-state index contributed by atoms with van der Waals surface area (Å²) in [6.07, 6.45) is 6.43. The van der Waals surface area contributed by atoms with Gasteiger partial charge in [-0.1, -0.05) is 39.0 Å². The van der Waals surface area contributed by atoms with Crippen molar-refractivity contribution in [1.82, 2.24) is 0 Å². The first-order valence-electron chi connectivity index (χ1n) is 6.55. The van der Waals surface area contributed by atoms with Crippen LogP contribution >= 0.6 is 0 Å². The molecule has 0 bridgehead atoms. The van der Waals surface area contributed by atoms with Crippen LogP contribution in [0.3, 0.4) is 0 Å². The van der Waals surface area contributed by atoms with Crippen molar-refractivity contribution in [1.29, 1.82) is 0 Å². The molecule has 0 radical (unpaired) electrons. The van der Waals surface area contributed by atoms with Gasteiger partial charge in [-0.05, 0) is 20.3 Å². The van der Waals surface area contributed by atoms with Crippen LogP contribution in [-0.2, 0) is 9.47 Å². The predicted octanol–water partition coefficient (Wildman–Crippen LogP) is 2.67. The minimum Gasteiger partial charge on any atom is -0.396 e. The van der Waals surface area contributed by atoms with Gasteiger partial charge in [0, 0.05) is 13.7 Å². The van der Waals surface area contributed by atoms with Gasteiger partial charge >= 0.3 is 0 Å². The SMILES string of the molecule is CCCCCCCCO.COC(C)OC(C)O. The van der Waals surface area contributed by atoms with Gasteiger partial charge in [0.25, 0.3) is 0 Å². The van der Waals surface area contributed by atoms with Crippen molar-refractivity contribution >= 4 is 0 Å². The molecule has 0 aliphatic heterocycles. The second-order valence-electron chi connectivity index (χ2n) is 4.03. The maximum absolute atomic E-state index is 8.55. The van der Waals surface area contributed by atoms with Crippen LogP contribution in [0.15, 0.2) is 0 Å². The van der Waals surface area contributed by atoms with E-state index < -0.39 is 6.29 Å². The zero-order valence-corrected chi connectivity index (χ0v) is 11.8. The Morgan fingerprint density at radius 1 is 1.00 bits per heavy atom. The minimum absolute atomic E-state index is 0.324. The van der Waals surface area contributed by atoms with Gasteiger partial charge in [-0.15, -0.1) is 0 Å². The molecule has 0 spiro atoms. The lowest BCUT2D eigenvalue weighted by atomic mass is 10.1. The lowest BCUT2D eigenvalue weighted by Gasteiger charge is -2.12. The minimum atomic E-state index is -0.745. The molecule has 2 unspecified atom stereocenters. The maximum Gasteiger partial charge on any atom is 0.157 e. The topological polar surface area (TPSA) is 58.9 Å². The van der Waals surface area contributed by atoms with E-state index >= 15 is 0 Å². The molecule has 4 nitrogen and oxygen atoms in total. The molecule has 0 rings (SSSR count). The number of hydrogen-bond acceptors (Lipinski definition) is 4.